The third-order valence-electron chi connectivity index (χ3n) is 16.6. The number of fused-ring (bicyclic) bond motifs is 3. The molecule has 3 heterocycles. The van der Waals surface area contributed by atoms with E-state index < -0.39 is 22.7 Å². The lowest BCUT2D eigenvalue weighted by molar-refractivity contribution is -0.155. The highest BCUT2D eigenvalue weighted by molar-refractivity contribution is 5.77. The summed E-state index contributed by atoms with van der Waals surface area (Å²) in [5.41, 5.74) is 0.211. The van der Waals surface area contributed by atoms with Crippen molar-refractivity contribution >= 4 is 12.3 Å². The summed E-state index contributed by atoms with van der Waals surface area (Å²) in [6.45, 7) is 20.5. The maximum absolute atomic E-state index is 13.8. The number of allylic oxidation sites excluding steroid dienone is 1. The minimum Gasteiger partial charge on any atom is -0.481 e. The minimum absolute atomic E-state index is 0.0621. The lowest BCUT2D eigenvalue weighted by Gasteiger charge is -2.46. The van der Waals surface area contributed by atoms with Crippen LogP contribution in [-0.2, 0) is 14.3 Å². The van der Waals surface area contributed by atoms with Crippen LogP contribution in [0.5, 0.6) is 0 Å². The first-order chi connectivity index (χ1) is 24.6. The molecule has 3 saturated heterocycles. The molecule has 51 heavy (non-hydrogen) atoms. The standard InChI is InChI=1S/C44H73N3O4/c1-6-30(3)35-23-33-25-43(5,29-48)38-17-16-31(4)37(38)26-44(33,41(35)42(49)50)40-24-36(32-13-9-8-10-14-32)39(51-40)28-45(7-2)19-20-46-21-22-47-18-12-11-15-34(47)27-46/h23,29-34,36-41H,6-22,24-28H2,1-5H3,(H,49,50)/t30?,31-,33?,34?,36?,37-,38-,39?,40?,41+,43?,44?/m1/s1. The van der Waals surface area contributed by atoms with Crippen LogP contribution in [0.4, 0.5) is 0 Å². The van der Waals surface area contributed by atoms with E-state index in [1.165, 1.54) is 83.8 Å². The molecule has 0 radical (unpaired) electrons. The zero-order valence-electron chi connectivity index (χ0n) is 33.1. The largest absolute Gasteiger partial charge is 0.481 e. The van der Waals surface area contributed by atoms with Gasteiger partial charge < -0.3 is 14.6 Å². The molecular weight excluding hydrogens is 635 g/mol. The van der Waals surface area contributed by atoms with E-state index in [9.17, 15) is 14.7 Å². The molecule has 0 aromatic heterocycles. The number of likely N-dealkylation sites (N-methyl/N-ethyl adjacent to an activating group) is 1. The van der Waals surface area contributed by atoms with Crippen molar-refractivity contribution in [3.05, 3.63) is 11.6 Å². The van der Waals surface area contributed by atoms with Gasteiger partial charge in [-0.25, -0.2) is 0 Å². The van der Waals surface area contributed by atoms with Crippen molar-refractivity contribution in [1.29, 1.82) is 0 Å². The number of ether oxygens (including phenoxy) is 1. The van der Waals surface area contributed by atoms with Crippen LogP contribution >= 0.6 is 0 Å². The number of piperazine rings is 1. The number of nitrogens with zero attached hydrogens (tertiary/aromatic N) is 3. The average Bonchev–Trinajstić information content (AvgIpc) is 3.82. The van der Waals surface area contributed by atoms with Gasteiger partial charge in [0.2, 0.25) is 0 Å². The molecule has 288 valence electrons. The lowest BCUT2D eigenvalue weighted by Crippen LogP contribution is -2.55. The summed E-state index contributed by atoms with van der Waals surface area (Å²) >= 11 is 0. The molecule has 7 nitrogen and oxygen atoms in total. The monoisotopic (exact) mass is 708 g/mol. The van der Waals surface area contributed by atoms with E-state index in [1.54, 1.807) is 0 Å². The SMILES string of the molecule is CCC(C)C1=CC2CC(C)(C=O)[C@@H]3CC[C@@H](C)[C@H]3CC2(C2CC(C3CCCCC3)C(CN(CC)CCN3CCN4CCCCC4C3)O2)[C@@H]1C(=O)O. The molecule has 3 saturated carbocycles. The van der Waals surface area contributed by atoms with Gasteiger partial charge in [0.15, 0.2) is 0 Å². The van der Waals surface area contributed by atoms with Gasteiger partial charge in [0.25, 0.3) is 0 Å². The highest BCUT2D eigenvalue weighted by atomic mass is 16.5. The van der Waals surface area contributed by atoms with E-state index in [1.807, 2.05) is 0 Å². The number of aliphatic carboxylic acids is 1. The fraction of sp³-hybridized carbons (Fsp3) is 0.909. The van der Waals surface area contributed by atoms with Crippen LogP contribution in [0.2, 0.25) is 0 Å². The third kappa shape index (κ3) is 7.18. The molecule has 4 aliphatic carbocycles. The number of rotatable bonds is 12. The predicted octanol–water partition coefficient (Wildman–Crippen LogP) is 7.78. The first kappa shape index (κ1) is 38.0. The van der Waals surface area contributed by atoms with Crippen LogP contribution < -0.4 is 0 Å². The molecule has 3 aliphatic heterocycles. The van der Waals surface area contributed by atoms with E-state index >= 15 is 0 Å². The molecule has 0 bridgehead atoms. The van der Waals surface area contributed by atoms with Crippen molar-refractivity contribution in [3.63, 3.8) is 0 Å². The van der Waals surface area contributed by atoms with Crippen molar-refractivity contribution in [3.8, 4) is 0 Å². The summed E-state index contributed by atoms with van der Waals surface area (Å²) in [5, 5.41) is 11.3. The highest BCUT2D eigenvalue weighted by Gasteiger charge is 2.66. The minimum atomic E-state index is -0.657. The number of carbonyl (C=O) groups is 2. The molecule has 7 rings (SSSR count). The van der Waals surface area contributed by atoms with Crippen LogP contribution in [0, 0.1) is 58.2 Å². The Morgan fingerprint density at radius 2 is 1.82 bits per heavy atom. The number of carboxylic acid groups (broad SMARTS) is 1. The van der Waals surface area contributed by atoms with Crippen molar-refractivity contribution in [1.82, 2.24) is 14.7 Å². The van der Waals surface area contributed by atoms with Gasteiger partial charge in [-0.05, 0) is 99.5 Å². The molecule has 0 spiro atoms. The van der Waals surface area contributed by atoms with E-state index in [2.05, 4.69) is 55.4 Å². The first-order valence-corrected chi connectivity index (χ1v) is 21.9. The van der Waals surface area contributed by atoms with Gasteiger partial charge in [0, 0.05) is 56.1 Å². The van der Waals surface area contributed by atoms with Crippen molar-refractivity contribution in [2.24, 2.45) is 58.2 Å². The second kappa shape index (κ2) is 15.8. The number of aldehydes is 1. The quantitative estimate of drug-likeness (QED) is 0.164. The second-order valence-electron chi connectivity index (χ2n) is 19.2. The van der Waals surface area contributed by atoms with E-state index in [0.29, 0.717) is 29.6 Å². The van der Waals surface area contributed by atoms with Gasteiger partial charge in [0.1, 0.15) is 6.29 Å². The Morgan fingerprint density at radius 3 is 2.55 bits per heavy atom. The molecule has 0 aromatic carbocycles. The lowest BCUT2D eigenvalue weighted by atomic mass is 9.59. The van der Waals surface area contributed by atoms with Crippen LogP contribution in [0.1, 0.15) is 125 Å². The Labute approximate surface area is 310 Å². The number of hydrogen-bond donors (Lipinski definition) is 1. The molecule has 6 fully saturated rings. The van der Waals surface area contributed by atoms with Crippen molar-refractivity contribution in [2.45, 2.75) is 143 Å². The molecule has 8 unspecified atom stereocenters. The van der Waals surface area contributed by atoms with Gasteiger partial charge >= 0.3 is 5.97 Å². The average molecular weight is 708 g/mol. The Balaban J connectivity index is 1.18. The molecule has 7 heteroatoms. The van der Waals surface area contributed by atoms with Gasteiger partial charge in [-0.2, -0.15) is 0 Å². The summed E-state index contributed by atoms with van der Waals surface area (Å²) < 4.78 is 7.60. The van der Waals surface area contributed by atoms with Gasteiger partial charge in [0.05, 0.1) is 18.1 Å². The van der Waals surface area contributed by atoms with Gasteiger partial charge in [-0.3, -0.25) is 19.5 Å². The fourth-order valence-corrected chi connectivity index (χ4v) is 13.4. The summed E-state index contributed by atoms with van der Waals surface area (Å²) in [4.78, 5) is 35.0. The van der Waals surface area contributed by atoms with Crippen LogP contribution in [-0.4, -0.2) is 103 Å². The fourth-order valence-electron chi connectivity index (χ4n) is 13.4. The number of carbonyl (C=O) groups excluding carboxylic acids is 1. The van der Waals surface area contributed by atoms with E-state index in [-0.39, 0.29) is 24.0 Å². The molecule has 7 aliphatic rings. The second-order valence-corrected chi connectivity index (χ2v) is 19.2. The Hall–Kier alpha value is -1.28. The third-order valence-corrected chi connectivity index (χ3v) is 16.6. The van der Waals surface area contributed by atoms with Crippen LogP contribution in [0.3, 0.4) is 0 Å². The Morgan fingerprint density at radius 1 is 1.04 bits per heavy atom. The van der Waals surface area contributed by atoms with Crippen molar-refractivity contribution in [2.75, 3.05) is 52.4 Å². The summed E-state index contributed by atoms with van der Waals surface area (Å²) in [5.74, 6) is 1.43. The molecule has 0 aromatic rings. The number of piperidine rings is 1. The van der Waals surface area contributed by atoms with E-state index in [0.717, 1.165) is 76.3 Å². The molecule has 0 amide bonds. The Bertz CT molecular complexity index is 1250. The van der Waals surface area contributed by atoms with Crippen LogP contribution in [0.25, 0.3) is 0 Å². The number of carboxylic acids is 1. The normalized spacial score (nSPS) is 42.9. The summed E-state index contributed by atoms with van der Waals surface area (Å²) in [6, 6.07) is 0.745. The zero-order valence-corrected chi connectivity index (χ0v) is 33.1. The van der Waals surface area contributed by atoms with Gasteiger partial charge in [-0.1, -0.05) is 91.2 Å². The predicted molar refractivity (Wildman–Crippen MR) is 204 cm³/mol. The van der Waals surface area contributed by atoms with Crippen LogP contribution in [0.15, 0.2) is 11.6 Å². The topological polar surface area (TPSA) is 73.3 Å². The molecular formula is C44H73N3O4. The maximum Gasteiger partial charge on any atom is 0.311 e. The molecule has 12 atom stereocenters. The maximum atomic E-state index is 13.8. The Kier molecular flexibility index (Phi) is 11.8. The summed E-state index contributed by atoms with van der Waals surface area (Å²) in [6.07, 6.45) is 20.2. The summed E-state index contributed by atoms with van der Waals surface area (Å²) in [7, 11) is 0. The smallest absolute Gasteiger partial charge is 0.311 e. The number of hydrogen-bond acceptors (Lipinski definition) is 6. The molecule has 1 N–H and O–H groups in total. The van der Waals surface area contributed by atoms with Gasteiger partial charge in [-0.15, -0.1) is 0 Å². The zero-order chi connectivity index (χ0) is 35.9. The first-order valence-electron chi connectivity index (χ1n) is 21.9. The van der Waals surface area contributed by atoms with Crippen molar-refractivity contribution < 1.29 is 19.4 Å². The van der Waals surface area contributed by atoms with E-state index in [4.69, 9.17) is 4.74 Å². The highest BCUT2D eigenvalue weighted by Crippen LogP contribution is 2.67.